The van der Waals surface area contributed by atoms with E-state index in [9.17, 15) is 0 Å². The van der Waals surface area contributed by atoms with Crippen molar-refractivity contribution in [1.29, 1.82) is 0 Å². The summed E-state index contributed by atoms with van der Waals surface area (Å²) in [6, 6.07) is 6.67. The molecule has 0 spiro atoms. The average molecular weight is 272 g/mol. The maximum absolute atomic E-state index is 5.33. The van der Waals surface area contributed by atoms with Gasteiger partial charge in [-0.3, -0.25) is 0 Å². The number of hydrogen-bond donors (Lipinski definition) is 1. The Morgan fingerprint density at radius 2 is 2.20 bits per heavy atom. The zero-order valence-corrected chi connectivity index (χ0v) is 11.1. The Morgan fingerprint density at radius 3 is 2.80 bits per heavy atom. The van der Waals surface area contributed by atoms with E-state index in [0.717, 1.165) is 23.1 Å². The highest BCUT2D eigenvalue weighted by Crippen LogP contribution is 2.24. The largest absolute Gasteiger partial charge is 0.496 e. The maximum atomic E-state index is 5.33. The van der Waals surface area contributed by atoms with Crippen molar-refractivity contribution in [3.05, 3.63) is 28.2 Å². The van der Waals surface area contributed by atoms with E-state index in [1.54, 1.807) is 7.11 Å². The number of rotatable bonds is 5. The highest BCUT2D eigenvalue weighted by Gasteiger charge is 2.05. The zero-order valence-electron chi connectivity index (χ0n) is 9.51. The Balaban J connectivity index is 2.69. The second-order valence-electron chi connectivity index (χ2n) is 3.68. The van der Waals surface area contributed by atoms with Crippen LogP contribution < -0.4 is 10.1 Å². The molecule has 0 aromatic heterocycles. The quantitative estimate of drug-likeness (QED) is 0.889. The molecule has 2 nitrogen and oxygen atoms in total. The Morgan fingerprint density at radius 1 is 1.47 bits per heavy atom. The smallest absolute Gasteiger partial charge is 0.122 e. The van der Waals surface area contributed by atoms with E-state index in [1.807, 2.05) is 19.2 Å². The molecule has 0 radical (unpaired) electrons. The molecular weight excluding hydrogens is 254 g/mol. The highest BCUT2D eigenvalue weighted by atomic mass is 79.9. The van der Waals surface area contributed by atoms with Gasteiger partial charge < -0.3 is 10.1 Å². The normalized spacial score (nSPS) is 12.5. The van der Waals surface area contributed by atoms with Crippen molar-refractivity contribution in [3.63, 3.8) is 0 Å². The van der Waals surface area contributed by atoms with Crippen LogP contribution in [0.3, 0.4) is 0 Å². The van der Waals surface area contributed by atoms with Crippen molar-refractivity contribution >= 4 is 15.9 Å². The van der Waals surface area contributed by atoms with E-state index in [0.29, 0.717) is 6.04 Å². The molecule has 0 aliphatic rings. The van der Waals surface area contributed by atoms with E-state index in [4.69, 9.17) is 4.74 Å². The third-order valence-corrected chi connectivity index (χ3v) is 3.08. The second-order valence-corrected chi connectivity index (χ2v) is 4.60. The summed E-state index contributed by atoms with van der Waals surface area (Å²) in [5.74, 6) is 0.974. The molecule has 0 saturated heterocycles. The fraction of sp³-hybridized carbons (Fsp3) is 0.500. The van der Waals surface area contributed by atoms with Crippen LogP contribution in [-0.4, -0.2) is 20.2 Å². The topological polar surface area (TPSA) is 21.3 Å². The third kappa shape index (κ3) is 3.84. The Labute approximate surface area is 100 Å². The number of nitrogens with one attached hydrogen (secondary N) is 1. The van der Waals surface area contributed by atoms with Crippen LogP contribution in [0.4, 0.5) is 0 Å². The van der Waals surface area contributed by atoms with Crippen LogP contribution in [0.1, 0.15) is 18.9 Å². The van der Waals surface area contributed by atoms with Crippen LogP contribution >= 0.6 is 15.9 Å². The van der Waals surface area contributed by atoms with Crippen molar-refractivity contribution in [2.45, 2.75) is 25.8 Å². The first-order valence-corrected chi connectivity index (χ1v) is 5.96. The molecule has 1 aromatic carbocycles. The monoisotopic (exact) mass is 271 g/mol. The molecule has 0 heterocycles. The molecule has 84 valence electrons. The summed E-state index contributed by atoms with van der Waals surface area (Å²) in [4.78, 5) is 0. The first-order chi connectivity index (χ1) is 7.17. The zero-order chi connectivity index (χ0) is 11.3. The molecule has 0 aliphatic heterocycles. The molecule has 3 heteroatoms. The molecule has 0 saturated carbocycles. The summed E-state index contributed by atoms with van der Waals surface area (Å²) >= 11 is 3.48. The van der Waals surface area contributed by atoms with Gasteiger partial charge in [-0.15, -0.1) is 0 Å². The minimum absolute atomic E-state index is 0.536. The van der Waals surface area contributed by atoms with Crippen LogP contribution in [0, 0.1) is 0 Å². The number of hydrogen-bond acceptors (Lipinski definition) is 2. The minimum atomic E-state index is 0.536. The minimum Gasteiger partial charge on any atom is -0.496 e. The molecule has 15 heavy (non-hydrogen) atoms. The van der Waals surface area contributed by atoms with Crippen molar-refractivity contribution in [2.75, 3.05) is 14.2 Å². The van der Waals surface area contributed by atoms with Gasteiger partial charge >= 0.3 is 0 Å². The molecule has 1 atom stereocenters. The van der Waals surface area contributed by atoms with E-state index in [-0.39, 0.29) is 0 Å². The molecule has 1 aromatic rings. The predicted octanol–water partition coefficient (Wildman–Crippen LogP) is 3.00. The first kappa shape index (κ1) is 12.5. The fourth-order valence-corrected chi connectivity index (χ4v) is 1.87. The van der Waals surface area contributed by atoms with Crippen LogP contribution in [0.2, 0.25) is 0 Å². The third-order valence-electron chi connectivity index (χ3n) is 2.58. The molecule has 0 fully saturated rings. The lowest BCUT2D eigenvalue weighted by molar-refractivity contribution is 0.407. The summed E-state index contributed by atoms with van der Waals surface area (Å²) in [6.45, 7) is 2.18. The lowest BCUT2D eigenvalue weighted by Crippen LogP contribution is -2.21. The van der Waals surface area contributed by atoms with Gasteiger partial charge in [0.05, 0.1) is 7.11 Å². The van der Waals surface area contributed by atoms with Crippen LogP contribution in [-0.2, 0) is 6.42 Å². The summed E-state index contributed by atoms with van der Waals surface area (Å²) in [5, 5.41) is 3.23. The lowest BCUT2D eigenvalue weighted by Gasteiger charge is -2.12. The number of halogens is 1. The van der Waals surface area contributed by atoms with Gasteiger partial charge in [-0.1, -0.05) is 15.9 Å². The van der Waals surface area contributed by atoms with Gasteiger partial charge in [0, 0.05) is 10.5 Å². The van der Waals surface area contributed by atoms with Crippen molar-refractivity contribution in [1.82, 2.24) is 5.32 Å². The van der Waals surface area contributed by atoms with Gasteiger partial charge in [0.1, 0.15) is 5.75 Å². The maximum Gasteiger partial charge on any atom is 0.122 e. The van der Waals surface area contributed by atoms with Gasteiger partial charge in [0.25, 0.3) is 0 Å². The van der Waals surface area contributed by atoms with E-state index in [2.05, 4.69) is 34.2 Å². The van der Waals surface area contributed by atoms with Crippen molar-refractivity contribution in [2.24, 2.45) is 0 Å². The Bertz CT molecular complexity index is 314. The van der Waals surface area contributed by atoms with Gasteiger partial charge in [0.2, 0.25) is 0 Å². The first-order valence-electron chi connectivity index (χ1n) is 5.17. The van der Waals surface area contributed by atoms with Gasteiger partial charge in [-0.2, -0.15) is 0 Å². The molecule has 1 unspecified atom stereocenters. The summed E-state index contributed by atoms with van der Waals surface area (Å²) in [7, 11) is 3.71. The highest BCUT2D eigenvalue weighted by molar-refractivity contribution is 9.10. The molecule has 0 bridgehead atoms. The summed E-state index contributed by atoms with van der Waals surface area (Å²) in [5.41, 5.74) is 1.26. The predicted molar refractivity (Wildman–Crippen MR) is 67.5 cm³/mol. The molecule has 1 N–H and O–H groups in total. The standard InChI is InChI=1S/C12H18BrNO/c1-9(14-2)4-5-10-8-11(13)6-7-12(10)15-3/h6-9,14H,4-5H2,1-3H3. The number of aryl methyl sites for hydroxylation is 1. The number of benzene rings is 1. The fourth-order valence-electron chi connectivity index (χ4n) is 1.46. The summed E-state index contributed by atoms with van der Waals surface area (Å²) in [6.07, 6.45) is 2.15. The average Bonchev–Trinajstić information content (AvgIpc) is 2.26. The second kappa shape index (κ2) is 6.13. The van der Waals surface area contributed by atoms with Crippen molar-refractivity contribution in [3.8, 4) is 5.75 Å². The molecular formula is C12H18BrNO. The van der Waals surface area contributed by atoms with E-state index < -0.39 is 0 Å². The van der Waals surface area contributed by atoms with E-state index in [1.165, 1.54) is 5.56 Å². The van der Waals surface area contributed by atoms with Gasteiger partial charge in [-0.05, 0) is 50.6 Å². The summed E-state index contributed by atoms with van der Waals surface area (Å²) < 4.78 is 6.43. The number of methoxy groups -OCH3 is 1. The lowest BCUT2D eigenvalue weighted by atomic mass is 10.1. The van der Waals surface area contributed by atoms with Crippen LogP contribution in [0.25, 0.3) is 0 Å². The van der Waals surface area contributed by atoms with Crippen LogP contribution in [0.15, 0.2) is 22.7 Å². The van der Waals surface area contributed by atoms with E-state index >= 15 is 0 Å². The molecule has 0 amide bonds. The van der Waals surface area contributed by atoms with Crippen LogP contribution in [0.5, 0.6) is 5.75 Å². The SMILES string of the molecule is CNC(C)CCc1cc(Br)ccc1OC. The Hall–Kier alpha value is -0.540. The Kier molecular flexibility index (Phi) is 5.12. The van der Waals surface area contributed by atoms with Gasteiger partial charge in [0.15, 0.2) is 0 Å². The molecule has 1 rings (SSSR count). The molecule has 0 aliphatic carbocycles. The van der Waals surface area contributed by atoms with Gasteiger partial charge in [-0.25, -0.2) is 0 Å². The number of ether oxygens (including phenoxy) is 1. The van der Waals surface area contributed by atoms with Crippen molar-refractivity contribution < 1.29 is 4.74 Å².